The molecular weight excluding hydrogens is 440 g/mol. The topological polar surface area (TPSA) is 64.8 Å². The molecule has 1 amide bonds. The SMILES string of the molecule is Cc1oc(-c2ccccc2)nc1CCOc1cccc(C#C[C@H]2CCN(C(=O)OC(C)(C)C)C2)c1. The zero-order valence-electron chi connectivity index (χ0n) is 20.8. The lowest BCUT2D eigenvalue weighted by molar-refractivity contribution is 0.0291. The van der Waals surface area contributed by atoms with Crippen LogP contribution >= 0.6 is 0 Å². The number of hydrogen-bond acceptors (Lipinski definition) is 5. The number of hydrogen-bond donors (Lipinski definition) is 0. The molecule has 2 heterocycles. The lowest BCUT2D eigenvalue weighted by atomic mass is 10.1. The van der Waals surface area contributed by atoms with Gasteiger partial charge in [0.1, 0.15) is 17.1 Å². The number of ether oxygens (including phenoxy) is 2. The molecule has 1 aromatic heterocycles. The second-order valence-corrected chi connectivity index (χ2v) is 9.70. The fourth-order valence-corrected chi connectivity index (χ4v) is 3.85. The molecule has 182 valence electrons. The van der Waals surface area contributed by atoms with Gasteiger partial charge in [-0.15, -0.1) is 0 Å². The highest BCUT2D eigenvalue weighted by atomic mass is 16.6. The van der Waals surface area contributed by atoms with Crippen LogP contribution in [0.15, 0.2) is 59.0 Å². The number of likely N-dealkylation sites (tertiary alicyclic amines) is 1. The van der Waals surface area contributed by atoms with Crippen molar-refractivity contribution in [2.75, 3.05) is 19.7 Å². The Morgan fingerprint density at radius 1 is 1.17 bits per heavy atom. The summed E-state index contributed by atoms with van der Waals surface area (Å²) in [6.45, 7) is 9.32. The maximum absolute atomic E-state index is 12.3. The number of oxazole rings is 1. The van der Waals surface area contributed by atoms with Gasteiger partial charge in [0.25, 0.3) is 0 Å². The first-order chi connectivity index (χ1) is 16.8. The predicted octanol–water partition coefficient (Wildman–Crippen LogP) is 5.88. The summed E-state index contributed by atoms with van der Waals surface area (Å²) in [4.78, 5) is 18.6. The van der Waals surface area contributed by atoms with E-state index >= 15 is 0 Å². The minimum atomic E-state index is -0.488. The molecule has 3 aromatic rings. The van der Waals surface area contributed by atoms with Gasteiger partial charge in [-0.2, -0.15) is 0 Å². The first-order valence-corrected chi connectivity index (χ1v) is 12.0. The van der Waals surface area contributed by atoms with Gasteiger partial charge in [-0.1, -0.05) is 36.1 Å². The number of amides is 1. The Morgan fingerprint density at radius 2 is 1.97 bits per heavy atom. The summed E-state index contributed by atoms with van der Waals surface area (Å²) in [6, 6.07) is 17.7. The van der Waals surface area contributed by atoms with E-state index in [2.05, 4.69) is 16.8 Å². The summed E-state index contributed by atoms with van der Waals surface area (Å²) in [5.41, 5.74) is 2.26. The monoisotopic (exact) mass is 472 g/mol. The zero-order chi connectivity index (χ0) is 24.8. The van der Waals surface area contributed by atoms with Crippen LogP contribution in [0.5, 0.6) is 5.75 Å². The molecule has 1 aliphatic heterocycles. The molecule has 0 saturated carbocycles. The second kappa shape index (κ2) is 10.7. The van der Waals surface area contributed by atoms with Gasteiger partial charge in [0.2, 0.25) is 5.89 Å². The highest BCUT2D eigenvalue weighted by Gasteiger charge is 2.28. The van der Waals surface area contributed by atoms with Gasteiger partial charge >= 0.3 is 6.09 Å². The van der Waals surface area contributed by atoms with Gasteiger partial charge in [0, 0.05) is 36.6 Å². The Morgan fingerprint density at radius 3 is 2.74 bits per heavy atom. The fourth-order valence-electron chi connectivity index (χ4n) is 3.85. The molecular formula is C29H32N2O4. The molecule has 0 bridgehead atoms. The number of benzene rings is 2. The van der Waals surface area contributed by atoms with E-state index < -0.39 is 5.60 Å². The number of aryl methyl sites for hydroxylation is 1. The zero-order valence-corrected chi connectivity index (χ0v) is 20.8. The van der Waals surface area contributed by atoms with Crippen molar-refractivity contribution < 1.29 is 18.7 Å². The standard InChI is InChI=1S/C29H32N2O4/c1-21-26(30-27(34-21)24-10-6-5-7-11-24)16-18-33-25-12-8-9-22(19-25)13-14-23-15-17-31(20-23)28(32)35-29(2,3)4/h5-12,19,23H,15-18,20H2,1-4H3/t23-/m0/s1. The number of carbonyl (C=O) groups excluding carboxylic acids is 1. The van der Waals surface area contributed by atoms with Gasteiger partial charge in [0.15, 0.2) is 0 Å². The van der Waals surface area contributed by atoms with E-state index in [0.29, 0.717) is 32.0 Å². The molecule has 0 unspecified atom stereocenters. The van der Waals surface area contributed by atoms with Crippen LogP contribution in [0, 0.1) is 24.7 Å². The van der Waals surface area contributed by atoms with Crippen LogP contribution in [0.2, 0.25) is 0 Å². The van der Waals surface area contributed by atoms with Gasteiger partial charge in [-0.25, -0.2) is 9.78 Å². The normalized spacial score (nSPS) is 15.4. The smallest absolute Gasteiger partial charge is 0.410 e. The molecule has 4 rings (SSSR count). The Hall–Kier alpha value is -3.72. The van der Waals surface area contributed by atoms with Crippen molar-refractivity contribution in [3.05, 3.63) is 71.6 Å². The Labute approximate surface area is 207 Å². The molecule has 0 spiro atoms. The largest absolute Gasteiger partial charge is 0.493 e. The van der Waals surface area contributed by atoms with Gasteiger partial charge in [0.05, 0.1) is 12.3 Å². The minimum absolute atomic E-state index is 0.140. The minimum Gasteiger partial charge on any atom is -0.493 e. The maximum atomic E-state index is 12.3. The van der Waals surface area contributed by atoms with Crippen LogP contribution < -0.4 is 4.74 Å². The summed E-state index contributed by atoms with van der Waals surface area (Å²) in [6.07, 6.45) is 1.24. The van der Waals surface area contributed by atoms with Crippen molar-refractivity contribution in [1.29, 1.82) is 0 Å². The van der Waals surface area contributed by atoms with Crippen molar-refractivity contribution >= 4 is 6.09 Å². The van der Waals surface area contributed by atoms with Crippen LogP contribution in [0.4, 0.5) is 4.79 Å². The molecule has 0 N–H and O–H groups in total. The molecule has 0 aliphatic carbocycles. The van der Waals surface area contributed by atoms with E-state index in [1.54, 1.807) is 4.90 Å². The quantitative estimate of drug-likeness (QED) is 0.434. The summed E-state index contributed by atoms with van der Waals surface area (Å²) < 4.78 is 17.3. The van der Waals surface area contributed by atoms with Gasteiger partial charge in [-0.05, 0) is 64.4 Å². The van der Waals surface area contributed by atoms with E-state index in [1.807, 2.05) is 82.3 Å². The molecule has 0 radical (unpaired) electrons. The maximum Gasteiger partial charge on any atom is 0.410 e. The molecule has 1 atom stereocenters. The summed E-state index contributed by atoms with van der Waals surface area (Å²) in [5, 5.41) is 0. The average Bonchev–Trinajstić information content (AvgIpc) is 3.45. The highest BCUT2D eigenvalue weighted by Crippen LogP contribution is 2.22. The molecule has 6 nitrogen and oxygen atoms in total. The van der Waals surface area contributed by atoms with Crippen molar-refractivity contribution in [3.8, 4) is 29.0 Å². The van der Waals surface area contributed by atoms with E-state index in [1.165, 1.54) is 0 Å². The first kappa shape index (κ1) is 24.4. The van der Waals surface area contributed by atoms with Gasteiger partial charge in [-0.3, -0.25) is 0 Å². The van der Waals surface area contributed by atoms with Crippen LogP contribution in [-0.4, -0.2) is 41.3 Å². The van der Waals surface area contributed by atoms with Crippen LogP contribution in [0.1, 0.15) is 44.2 Å². The molecule has 1 saturated heterocycles. The molecule has 1 fully saturated rings. The van der Waals surface area contributed by atoms with Crippen molar-refractivity contribution in [2.45, 2.75) is 46.1 Å². The van der Waals surface area contributed by atoms with Gasteiger partial charge < -0.3 is 18.8 Å². The van der Waals surface area contributed by atoms with Crippen molar-refractivity contribution in [3.63, 3.8) is 0 Å². The third-order valence-electron chi connectivity index (χ3n) is 5.62. The van der Waals surface area contributed by atoms with E-state index in [0.717, 1.165) is 34.8 Å². The average molecular weight is 473 g/mol. The number of rotatable bonds is 5. The van der Waals surface area contributed by atoms with Crippen LogP contribution in [-0.2, 0) is 11.2 Å². The molecule has 6 heteroatoms. The third-order valence-corrected chi connectivity index (χ3v) is 5.62. The highest BCUT2D eigenvalue weighted by molar-refractivity contribution is 5.68. The Bertz CT molecular complexity index is 1210. The Balaban J connectivity index is 1.29. The summed E-state index contributed by atoms with van der Waals surface area (Å²) in [7, 11) is 0. The summed E-state index contributed by atoms with van der Waals surface area (Å²) >= 11 is 0. The molecule has 1 aliphatic rings. The predicted molar refractivity (Wildman–Crippen MR) is 135 cm³/mol. The third kappa shape index (κ3) is 6.89. The molecule has 2 aromatic carbocycles. The van der Waals surface area contributed by atoms with Crippen LogP contribution in [0.25, 0.3) is 11.5 Å². The number of aromatic nitrogens is 1. The lowest BCUT2D eigenvalue weighted by Crippen LogP contribution is -2.35. The second-order valence-electron chi connectivity index (χ2n) is 9.70. The van der Waals surface area contributed by atoms with E-state index in [4.69, 9.17) is 13.9 Å². The molecule has 35 heavy (non-hydrogen) atoms. The lowest BCUT2D eigenvalue weighted by Gasteiger charge is -2.24. The van der Waals surface area contributed by atoms with E-state index in [-0.39, 0.29) is 12.0 Å². The fraction of sp³-hybridized carbons (Fsp3) is 0.379. The number of nitrogens with zero attached hydrogens (tertiary/aromatic N) is 2. The summed E-state index contributed by atoms with van der Waals surface area (Å²) in [5.74, 6) is 8.89. The Kier molecular flexibility index (Phi) is 7.45. The van der Waals surface area contributed by atoms with Crippen molar-refractivity contribution in [2.24, 2.45) is 5.92 Å². The van der Waals surface area contributed by atoms with E-state index in [9.17, 15) is 4.79 Å². The first-order valence-electron chi connectivity index (χ1n) is 12.0. The number of carbonyl (C=O) groups is 1. The van der Waals surface area contributed by atoms with Crippen molar-refractivity contribution in [1.82, 2.24) is 9.88 Å². The van der Waals surface area contributed by atoms with Crippen LogP contribution in [0.3, 0.4) is 0 Å².